The predicted molar refractivity (Wildman–Crippen MR) is 79.4 cm³/mol. The van der Waals surface area contributed by atoms with Gasteiger partial charge in [0.2, 0.25) is 0 Å². The van der Waals surface area contributed by atoms with Gasteiger partial charge in [-0.3, -0.25) is 9.79 Å². The highest BCUT2D eigenvalue weighted by Gasteiger charge is 2.41. The van der Waals surface area contributed by atoms with Gasteiger partial charge < -0.3 is 24.8 Å². The van der Waals surface area contributed by atoms with Crippen molar-refractivity contribution in [3.8, 4) is 0 Å². The van der Waals surface area contributed by atoms with Gasteiger partial charge in [-0.1, -0.05) is 0 Å². The van der Waals surface area contributed by atoms with Crippen LogP contribution in [0.4, 0.5) is 0 Å². The first-order valence-corrected chi connectivity index (χ1v) is 7.52. The van der Waals surface area contributed by atoms with Crippen LogP contribution in [0, 0.1) is 0 Å². The van der Waals surface area contributed by atoms with Gasteiger partial charge in [-0.25, -0.2) is 9.98 Å². The highest BCUT2D eigenvalue weighted by Crippen LogP contribution is 2.34. The number of aliphatic hydroxyl groups excluding tert-OH is 2. The van der Waals surface area contributed by atoms with E-state index in [0.29, 0.717) is 23.6 Å². The molecule has 23 heavy (non-hydrogen) atoms. The number of carbonyl (C=O) groups excluding carboxylic acids is 1. The van der Waals surface area contributed by atoms with Crippen molar-refractivity contribution in [2.75, 3.05) is 6.61 Å². The quantitative estimate of drug-likeness (QED) is 0.657. The molecular formula is C14H17N5O4. The van der Waals surface area contributed by atoms with E-state index < -0.39 is 18.4 Å². The van der Waals surface area contributed by atoms with Crippen LogP contribution >= 0.6 is 0 Å². The van der Waals surface area contributed by atoms with Crippen LogP contribution < -0.4 is 5.32 Å². The molecule has 1 aromatic rings. The van der Waals surface area contributed by atoms with Crippen molar-refractivity contribution in [3.05, 3.63) is 17.7 Å². The Morgan fingerprint density at radius 2 is 2.35 bits per heavy atom. The molecule has 3 aliphatic heterocycles. The van der Waals surface area contributed by atoms with E-state index in [1.165, 1.54) is 6.33 Å². The summed E-state index contributed by atoms with van der Waals surface area (Å²) < 4.78 is 7.41. The lowest BCUT2D eigenvalue weighted by molar-refractivity contribution is -0.0451. The van der Waals surface area contributed by atoms with Crippen LogP contribution in [0.15, 0.2) is 16.3 Å². The number of nitrogens with one attached hydrogen (secondary N) is 1. The molecule has 3 unspecified atom stereocenters. The van der Waals surface area contributed by atoms with Crippen molar-refractivity contribution < 1.29 is 19.7 Å². The second kappa shape index (κ2) is 5.22. The summed E-state index contributed by atoms with van der Waals surface area (Å²) in [5.74, 6) is -0.0622. The van der Waals surface area contributed by atoms with E-state index in [1.807, 2.05) is 6.92 Å². The van der Waals surface area contributed by atoms with E-state index in [9.17, 15) is 15.0 Å². The second-order valence-electron chi connectivity index (χ2n) is 5.88. The SMILES string of the molecule is CC1N=CC2C(=N1)NC(=O)c1ncn([C@H]3CC(O)[C@@H](CO)O3)c12. The number of aliphatic hydroxyl groups is 2. The number of nitrogens with zero attached hydrogens (tertiary/aromatic N) is 4. The molecule has 0 radical (unpaired) electrons. The molecule has 1 amide bonds. The van der Waals surface area contributed by atoms with Crippen LogP contribution in [-0.4, -0.2) is 62.7 Å². The molecule has 0 aliphatic carbocycles. The average molecular weight is 319 g/mol. The van der Waals surface area contributed by atoms with Crippen LogP contribution in [0.2, 0.25) is 0 Å². The van der Waals surface area contributed by atoms with Gasteiger partial charge >= 0.3 is 0 Å². The van der Waals surface area contributed by atoms with Gasteiger partial charge in [0.1, 0.15) is 24.3 Å². The molecule has 0 saturated carbocycles. The number of fused-ring (bicyclic) bond motifs is 3. The number of imidazole rings is 1. The van der Waals surface area contributed by atoms with Crippen LogP contribution in [0.3, 0.4) is 0 Å². The summed E-state index contributed by atoms with van der Waals surface area (Å²) in [5.41, 5.74) is 0.958. The Morgan fingerprint density at radius 1 is 1.52 bits per heavy atom. The third-order valence-corrected chi connectivity index (χ3v) is 4.35. The summed E-state index contributed by atoms with van der Waals surface area (Å²) in [6.45, 7) is 1.57. The number of carbonyl (C=O) groups is 1. The monoisotopic (exact) mass is 319 g/mol. The van der Waals surface area contributed by atoms with E-state index >= 15 is 0 Å². The number of hydrogen-bond acceptors (Lipinski definition) is 7. The molecule has 1 saturated heterocycles. The van der Waals surface area contributed by atoms with Gasteiger partial charge in [0.25, 0.3) is 5.91 Å². The fraction of sp³-hybridized carbons (Fsp3) is 0.571. The number of aromatic nitrogens is 2. The number of rotatable bonds is 2. The van der Waals surface area contributed by atoms with Gasteiger partial charge in [0.05, 0.1) is 30.7 Å². The van der Waals surface area contributed by atoms with Gasteiger partial charge in [-0.05, 0) is 6.92 Å². The molecule has 4 rings (SSSR count). The Hall–Kier alpha value is -2.10. The molecule has 5 atom stereocenters. The van der Waals surface area contributed by atoms with E-state index in [-0.39, 0.29) is 24.6 Å². The first-order chi connectivity index (χ1) is 11.1. The van der Waals surface area contributed by atoms with Crippen LogP contribution in [0.5, 0.6) is 0 Å². The molecule has 9 nitrogen and oxygen atoms in total. The zero-order valence-electron chi connectivity index (χ0n) is 12.5. The van der Waals surface area contributed by atoms with Gasteiger partial charge in [-0.15, -0.1) is 0 Å². The molecule has 3 aliphatic rings. The van der Waals surface area contributed by atoms with Crippen LogP contribution in [0.25, 0.3) is 0 Å². The van der Waals surface area contributed by atoms with Crippen molar-refractivity contribution in [1.29, 1.82) is 0 Å². The molecule has 0 bridgehead atoms. The van der Waals surface area contributed by atoms with Crippen molar-refractivity contribution in [2.24, 2.45) is 9.98 Å². The average Bonchev–Trinajstić information content (AvgIpc) is 3.11. The minimum atomic E-state index is -0.756. The van der Waals surface area contributed by atoms with Crippen LogP contribution in [0.1, 0.15) is 41.7 Å². The number of ether oxygens (including phenoxy) is 1. The fourth-order valence-corrected chi connectivity index (χ4v) is 3.21. The Morgan fingerprint density at radius 3 is 3.09 bits per heavy atom. The topological polar surface area (TPSA) is 121 Å². The van der Waals surface area contributed by atoms with Crippen molar-refractivity contribution >= 4 is 18.0 Å². The first-order valence-electron chi connectivity index (χ1n) is 7.52. The molecular weight excluding hydrogens is 302 g/mol. The lowest BCUT2D eigenvalue weighted by Crippen LogP contribution is -2.44. The molecule has 1 aromatic heterocycles. The van der Waals surface area contributed by atoms with Crippen LogP contribution in [-0.2, 0) is 4.74 Å². The molecule has 4 heterocycles. The summed E-state index contributed by atoms with van der Waals surface area (Å²) in [5, 5.41) is 21.9. The Bertz CT molecular complexity index is 712. The molecule has 0 spiro atoms. The largest absolute Gasteiger partial charge is 0.394 e. The lowest BCUT2D eigenvalue weighted by Gasteiger charge is -2.28. The summed E-state index contributed by atoms with van der Waals surface area (Å²) >= 11 is 0. The zero-order chi connectivity index (χ0) is 16.1. The zero-order valence-corrected chi connectivity index (χ0v) is 12.5. The maximum atomic E-state index is 12.2. The van der Waals surface area contributed by atoms with Gasteiger partial charge in [-0.2, -0.15) is 0 Å². The normalized spacial score (nSPS) is 35.5. The molecule has 1 fully saturated rings. The maximum absolute atomic E-state index is 12.2. The van der Waals surface area contributed by atoms with E-state index in [2.05, 4.69) is 20.3 Å². The molecule has 122 valence electrons. The minimum Gasteiger partial charge on any atom is -0.394 e. The summed E-state index contributed by atoms with van der Waals surface area (Å²) in [7, 11) is 0. The second-order valence-corrected chi connectivity index (χ2v) is 5.88. The number of aliphatic imine (C=N–C) groups is 2. The van der Waals surface area contributed by atoms with Crippen molar-refractivity contribution in [3.63, 3.8) is 0 Å². The van der Waals surface area contributed by atoms with Crippen molar-refractivity contribution in [2.45, 2.75) is 43.9 Å². The third-order valence-electron chi connectivity index (χ3n) is 4.35. The van der Waals surface area contributed by atoms with E-state index in [0.717, 1.165) is 0 Å². The number of amidine groups is 1. The third kappa shape index (κ3) is 2.19. The highest BCUT2D eigenvalue weighted by molar-refractivity contribution is 6.18. The predicted octanol–water partition coefficient (Wildman–Crippen LogP) is -0.820. The summed E-state index contributed by atoms with van der Waals surface area (Å²) in [6.07, 6.45) is 1.48. The van der Waals surface area contributed by atoms with E-state index in [1.54, 1.807) is 10.8 Å². The fourth-order valence-electron chi connectivity index (χ4n) is 3.21. The maximum Gasteiger partial charge on any atom is 0.277 e. The lowest BCUT2D eigenvalue weighted by atomic mass is 9.97. The van der Waals surface area contributed by atoms with Gasteiger partial charge in [0.15, 0.2) is 5.69 Å². The van der Waals surface area contributed by atoms with Crippen molar-refractivity contribution in [1.82, 2.24) is 14.9 Å². The van der Waals surface area contributed by atoms with Gasteiger partial charge in [0, 0.05) is 12.6 Å². The highest BCUT2D eigenvalue weighted by atomic mass is 16.5. The Kier molecular flexibility index (Phi) is 3.29. The standard InChI is InChI=1S/C14H17N5O4/c1-6-15-3-7-12-11(14(22)18-13(7)17-6)16-5-19(12)10-2-8(21)9(4-20)23-10/h3,5-10,20-21H,2,4H2,1H3,(H,17,18,22)/t6?,7?,8?,9-,10-/m1/s1. The smallest absolute Gasteiger partial charge is 0.277 e. The number of amides is 1. The first kappa shape index (κ1) is 14.5. The Balaban J connectivity index is 1.74. The summed E-state index contributed by atoms with van der Waals surface area (Å²) in [4.78, 5) is 25.1. The van der Waals surface area contributed by atoms with E-state index in [4.69, 9.17) is 4.74 Å². The molecule has 9 heteroatoms. The minimum absolute atomic E-state index is 0.234. The molecule has 3 N–H and O–H groups in total. The summed E-state index contributed by atoms with van der Waals surface area (Å²) in [6, 6.07) is 0. The Labute approximate surface area is 131 Å². The number of hydrogen-bond donors (Lipinski definition) is 3. The molecule has 0 aromatic carbocycles.